The molecule has 0 atom stereocenters. The van der Waals surface area contributed by atoms with Crippen LogP contribution in [0.5, 0.6) is 5.88 Å². The molecule has 3 heteroatoms. The highest BCUT2D eigenvalue weighted by molar-refractivity contribution is 5.21. The van der Waals surface area contributed by atoms with Crippen molar-refractivity contribution in [3.63, 3.8) is 0 Å². The lowest BCUT2D eigenvalue weighted by Gasteiger charge is -2.01. The average Bonchev–Trinajstić information content (AvgIpc) is 1.94. The summed E-state index contributed by atoms with van der Waals surface area (Å²) in [6.07, 6.45) is 1.75. The van der Waals surface area contributed by atoms with Crippen LogP contribution in [-0.2, 0) is 0 Å². The summed E-state index contributed by atoms with van der Waals surface area (Å²) in [5, 5.41) is 0. The van der Waals surface area contributed by atoms with Gasteiger partial charge in [-0.15, -0.1) is 0 Å². The van der Waals surface area contributed by atoms with Crippen molar-refractivity contribution >= 4 is 0 Å². The Morgan fingerprint density at radius 3 is 2.45 bits per heavy atom. The van der Waals surface area contributed by atoms with Gasteiger partial charge >= 0.3 is 0 Å². The lowest BCUT2D eigenvalue weighted by molar-refractivity contribution is 0.392. The van der Waals surface area contributed by atoms with Gasteiger partial charge in [-0.3, -0.25) is 0 Å². The van der Waals surface area contributed by atoms with E-state index in [0.29, 0.717) is 5.88 Å². The zero-order valence-electron chi connectivity index (χ0n) is 6.38. The van der Waals surface area contributed by atoms with E-state index in [1.165, 1.54) is 0 Å². The fraction of sp³-hybridized carbons (Fsp3) is 0.500. The van der Waals surface area contributed by atoms with Crippen LogP contribution in [0.25, 0.3) is 0 Å². The van der Waals surface area contributed by atoms with Crippen LogP contribution in [0.3, 0.4) is 0 Å². The van der Waals surface area contributed by atoms with Crippen LogP contribution < -0.4 is 4.74 Å². The molecule has 0 saturated heterocycles. The zero-order valence-corrected chi connectivity index (χ0v) is 6.38. The Morgan fingerprint density at radius 2 is 2.00 bits per heavy atom. The van der Waals surface area contributed by atoms with E-state index >= 15 is 0 Å². The zero-order chi connectivity index (χ0) is 7.56. The molecular formula is C8H14N2O. The summed E-state index contributed by atoms with van der Waals surface area (Å²) < 4.78 is 4.97. The van der Waals surface area contributed by atoms with Crippen molar-refractivity contribution in [3.05, 3.63) is 17.6 Å². The monoisotopic (exact) mass is 154 g/mol. The molecule has 0 unspecified atom stereocenters. The van der Waals surface area contributed by atoms with Crippen molar-refractivity contribution in [3.8, 4) is 5.88 Å². The molecule has 0 aromatic carbocycles. The molecule has 0 amide bonds. The third-order valence-corrected chi connectivity index (χ3v) is 1.24. The van der Waals surface area contributed by atoms with Gasteiger partial charge in [-0.05, 0) is 13.8 Å². The number of hydrogen-bond donors (Lipinski definition) is 0. The lowest BCUT2D eigenvalue weighted by atomic mass is 10.4. The van der Waals surface area contributed by atoms with Crippen molar-refractivity contribution in [1.29, 1.82) is 0 Å². The third-order valence-electron chi connectivity index (χ3n) is 1.24. The second-order valence-electron chi connectivity index (χ2n) is 2.11. The molecule has 1 rings (SSSR count). The molecule has 11 heavy (non-hydrogen) atoms. The van der Waals surface area contributed by atoms with Crippen molar-refractivity contribution in [2.45, 2.75) is 21.3 Å². The van der Waals surface area contributed by atoms with Crippen molar-refractivity contribution in [1.82, 2.24) is 9.97 Å². The molecule has 3 nitrogen and oxygen atoms in total. The molecule has 62 valence electrons. The number of nitrogens with zero attached hydrogens (tertiary/aromatic N) is 2. The molecule has 0 aliphatic carbocycles. The Hall–Kier alpha value is -1.12. The topological polar surface area (TPSA) is 35.0 Å². The smallest absolute Gasteiger partial charge is 0.219 e. The molecule has 0 aliphatic heterocycles. The van der Waals surface area contributed by atoms with E-state index in [1.54, 1.807) is 13.3 Å². The molecule has 0 spiro atoms. The Bertz CT molecular complexity index is 236. The number of hydrogen-bond acceptors (Lipinski definition) is 3. The van der Waals surface area contributed by atoms with Gasteiger partial charge < -0.3 is 4.74 Å². The highest BCUT2D eigenvalue weighted by Gasteiger charge is 1.98. The summed E-state index contributed by atoms with van der Waals surface area (Å²) in [5.74, 6) is 1.40. The predicted molar refractivity (Wildman–Crippen MR) is 44.8 cm³/mol. The Balaban J connectivity index is 0.000001000. The summed E-state index contributed by atoms with van der Waals surface area (Å²) in [6.45, 7) is 3.75. The normalized spacial score (nSPS) is 8.64. The van der Waals surface area contributed by atoms with E-state index in [0.717, 1.165) is 11.4 Å². The number of aryl methyl sites for hydroxylation is 2. The first-order chi connectivity index (χ1) is 4.74. The van der Waals surface area contributed by atoms with Crippen LogP contribution in [0.15, 0.2) is 6.20 Å². The fourth-order valence-corrected chi connectivity index (χ4v) is 0.716. The first kappa shape index (κ1) is 9.88. The summed E-state index contributed by atoms with van der Waals surface area (Å²) >= 11 is 0. The number of ether oxygens (including phenoxy) is 1. The van der Waals surface area contributed by atoms with Crippen LogP contribution in [0.2, 0.25) is 0 Å². The van der Waals surface area contributed by atoms with Crippen LogP contribution in [0.1, 0.15) is 18.8 Å². The van der Waals surface area contributed by atoms with Crippen molar-refractivity contribution in [2.24, 2.45) is 0 Å². The first-order valence-electron chi connectivity index (χ1n) is 3.08. The van der Waals surface area contributed by atoms with E-state index in [9.17, 15) is 0 Å². The standard InChI is InChI=1S/C7H10N2O.CH4/c1-5-4-8-6(2)9-7(5)10-3;/h4H,1-3H3;1H4. The molecule has 1 aromatic rings. The molecule has 0 radical (unpaired) electrons. The van der Waals surface area contributed by atoms with Gasteiger partial charge in [0, 0.05) is 11.8 Å². The molecule has 0 N–H and O–H groups in total. The minimum atomic E-state index is 0. The maximum Gasteiger partial charge on any atom is 0.219 e. The second-order valence-corrected chi connectivity index (χ2v) is 2.11. The minimum absolute atomic E-state index is 0. The van der Waals surface area contributed by atoms with Gasteiger partial charge in [0.1, 0.15) is 5.82 Å². The number of rotatable bonds is 1. The predicted octanol–water partition coefficient (Wildman–Crippen LogP) is 1.74. The fourth-order valence-electron chi connectivity index (χ4n) is 0.716. The van der Waals surface area contributed by atoms with Gasteiger partial charge in [-0.25, -0.2) is 4.98 Å². The van der Waals surface area contributed by atoms with Gasteiger partial charge in [-0.1, -0.05) is 7.43 Å². The van der Waals surface area contributed by atoms with Crippen molar-refractivity contribution < 1.29 is 4.74 Å². The van der Waals surface area contributed by atoms with Gasteiger partial charge in [0.2, 0.25) is 5.88 Å². The first-order valence-corrected chi connectivity index (χ1v) is 3.08. The third kappa shape index (κ3) is 2.18. The van der Waals surface area contributed by atoms with Crippen LogP contribution >= 0.6 is 0 Å². The molecule has 0 bridgehead atoms. The van der Waals surface area contributed by atoms with Gasteiger partial charge in [0.25, 0.3) is 0 Å². The van der Waals surface area contributed by atoms with Gasteiger partial charge in [0.15, 0.2) is 0 Å². The minimum Gasteiger partial charge on any atom is -0.481 e. The average molecular weight is 154 g/mol. The van der Waals surface area contributed by atoms with E-state index in [2.05, 4.69) is 9.97 Å². The Kier molecular flexibility index (Phi) is 3.51. The highest BCUT2D eigenvalue weighted by atomic mass is 16.5. The number of aromatic nitrogens is 2. The van der Waals surface area contributed by atoms with Crippen molar-refractivity contribution in [2.75, 3.05) is 7.11 Å². The second kappa shape index (κ2) is 3.91. The largest absolute Gasteiger partial charge is 0.481 e. The molecule has 1 aromatic heterocycles. The summed E-state index contributed by atoms with van der Waals surface area (Å²) in [7, 11) is 1.61. The van der Waals surface area contributed by atoms with E-state index in [1.807, 2.05) is 13.8 Å². The summed E-state index contributed by atoms with van der Waals surface area (Å²) in [5.41, 5.74) is 0.966. The Labute approximate surface area is 67.4 Å². The molecule has 1 heterocycles. The highest BCUT2D eigenvalue weighted by Crippen LogP contribution is 2.10. The SMILES string of the molecule is C.COc1nc(C)ncc1C. The Morgan fingerprint density at radius 1 is 1.36 bits per heavy atom. The molecule has 0 aliphatic rings. The summed E-state index contributed by atoms with van der Waals surface area (Å²) in [6, 6.07) is 0. The lowest BCUT2D eigenvalue weighted by Crippen LogP contribution is -1.94. The van der Waals surface area contributed by atoms with Crippen LogP contribution in [0.4, 0.5) is 0 Å². The van der Waals surface area contributed by atoms with E-state index < -0.39 is 0 Å². The van der Waals surface area contributed by atoms with Gasteiger partial charge in [-0.2, -0.15) is 4.98 Å². The van der Waals surface area contributed by atoms with E-state index in [4.69, 9.17) is 4.74 Å². The maximum atomic E-state index is 4.97. The van der Waals surface area contributed by atoms with Crippen LogP contribution in [-0.4, -0.2) is 17.1 Å². The maximum absolute atomic E-state index is 4.97. The number of methoxy groups -OCH3 is 1. The quantitative estimate of drug-likeness (QED) is 0.618. The molecular weight excluding hydrogens is 140 g/mol. The molecule has 0 saturated carbocycles. The van der Waals surface area contributed by atoms with E-state index in [-0.39, 0.29) is 7.43 Å². The van der Waals surface area contributed by atoms with Gasteiger partial charge in [0.05, 0.1) is 7.11 Å². The van der Waals surface area contributed by atoms with Crippen LogP contribution in [0, 0.1) is 13.8 Å². The summed E-state index contributed by atoms with van der Waals surface area (Å²) in [4.78, 5) is 8.05. The molecule has 0 fully saturated rings.